The number of carbonyl (C=O) groups excluding carboxylic acids is 1. The molecule has 0 saturated heterocycles. The summed E-state index contributed by atoms with van der Waals surface area (Å²) in [6, 6.07) is 18.1. The number of nitrogens with zero attached hydrogens (tertiary/aromatic N) is 1. The van der Waals surface area contributed by atoms with Crippen LogP contribution in [-0.4, -0.2) is 23.8 Å². The van der Waals surface area contributed by atoms with Crippen molar-refractivity contribution in [1.29, 1.82) is 0 Å². The molecule has 0 fully saturated rings. The molecule has 26 heavy (non-hydrogen) atoms. The first kappa shape index (κ1) is 18.5. The SMILES string of the molecule is CC(C)(C)OC(=O)N1c2ccccc2CC1(C)COCc1ccccc1. The van der Waals surface area contributed by atoms with Crippen molar-refractivity contribution >= 4 is 11.8 Å². The lowest BCUT2D eigenvalue weighted by molar-refractivity contribution is 0.0429. The first-order chi connectivity index (χ1) is 12.3. The van der Waals surface area contributed by atoms with Crippen LogP contribution in [0, 0.1) is 0 Å². The Bertz CT molecular complexity index is 766. The van der Waals surface area contributed by atoms with Crippen molar-refractivity contribution in [1.82, 2.24) is 0 Å². The Morgan fingerprint density at radius 2 is 1.73 bits per heavy atom. The van der Waals surface area contributed by atoms with Gasteiger partial charge in [0, 0.05) is 6.42 Å². The Morgan fingerprint density at radius 1 is 1.08 bits per heavy atom. The van der Waals surface area contributed by atoms with Gasteiger partial charge in [0.05, 0.1) is 24.4 Å². The third kappa shape index (κ3) is 4.07. The van der Waals surface area contributed by atoms with Gasteiger partial charge in [0.1, 0.15) is 5.60 Å². The highest BCUT2D eigenvalue weighted by molar-refractivity contribution is 5.92. The zero-order valence-electron chi connectivity index (χ0n) is 16.0. The molecule has 0 N–H and O–H groups in total. The Labute approximate surface area is 155 Å². The lowest BCUT2D eigenvalue weighted by Crippen LogP contribution is -2.52. The summed E-state index contributed by atoms with van der Waals surface area (Å²) in [4.78, 5) is 14.7. The fraction of sp³-hybridized carbons (Fsp3) is 0.409. The average molecular weight is 353 g/mol. The van der Waals surface area contributed by atoms with E-state index in [9.17, 15) is 4.79 Å². The van der Waals surface area contributed by atoms with E-state index >= 15 is 0 Å². The van der Waals surface area contributed by atoms with Crippen molar-refractivity contribution in [2.45, 2.75) is 51.9 Å². The number of ether oxygens (including phenoxy) is 2. The highest BCUT2D eigenvalue weighted by Crippen LogP contribution is 2.40. The van der Waals surface area contributed by atoms with Crippen LogP contribution >= 0.6 is 0 Å². The van der Waals surface area contributed by atoms with Crippen LogP contribution in [0.5, 0.6) is 0 Å². The molecule has 0 radical (unpaired) electrons. The normalized spacial score (nSPS) is 19.3. The number of fused-ring (bicyclic) bond motifs is 1. The second-order valence-electron chi connectivity index (χ2n) is 8.10. The Morgan fingerprint density at radius 3 is 2.42 bits per heavy atom. The number of amides is 1. The van der Waals surface area contributed by atoms with Crippen molar-refractivity contribution in [3.05, 3.63) is 65.7 Å². The smallest absolute Gasteiger partial charge is 0.415 e. The number of anilines is 1. The van der Waals surface area contributed by atoms with Gasteiger partial charge < -0.3 is 9.47 Å². The minimum absolute atomic E-state index is 0.326. The van der Waals surface area contributed by atoms with Gasteiger partial charge >= 0.3 is 6.09 Å². The Kier molecular flexibility index (Phi) is 5.05. The van der Waals surface area contributed by atoms with E-state index in [1.807, 2.05) is 69.3 Å². The molecule has 0 bridgehead atoms. The first-order valence-corrected chi connectivity index (χ1v) is 9.01. The molecule has 2 aromatic rings. The Balaban J connectivity index is 1.78. The zero-order chi connectivity index (χ0) is 18.8. The van der Waals surface area contributed by atoms with E-state index in [4.69, 9.17) is 9.47 Å². The quantitative estimate of drug-likeness (QED) is 0.780. The molecular formula is C22H27NO3. The number of benzene rings is 2. The fourth-order valence-corrected chi connectivity index (χ4v) is 3.36. The average Bonchev–Trinajstić information content (AvgIpc) is 2.86. The van der Waals surface area contributed by atoms with Gasteiger partial charge in [0.2, 0.25) is 0 Å². The molecule has 0 saturated carbocycles. The molecule has 0 aliphatic carbocycles. The van der Waals surface area contributed by atoms with Gasteiger partial charge in [-0.1, -0.05) is 48.5 Å². The van der Waals surface area contributed by atoms with Gasteiger partial charge in [-0.2, -0.15) is 0 Å². The maximum absolute atomic E-state index is 12.9. The van der Waals surface area contributed by atoms with Gasteiger partial charge in [-0.05, 0) is 44.9 Å². The van der Waals surface area contributed by atoms with E-state index in [1.165, 1.54) is 0 Å². The van der Waals surface area contributed by atoms with E-state index in [2.05, 4.69) is 13.0 Å². The number of carbonyl (C=O) groups is 1. The molecule has 1 atom stereocenters. The monoisotopic (exact) mass is 353 g/mol. The molecule has 2 aromatic carbocycles. The highest BCUT2D eigenvalue weighted by Gasteiger charge is 2.45. The van der Waals surface area contributed by atoms with Crippen molar-refractivity contribution in [3.63, 3.8) is 0 Å². The zero-order valence-corrected chi connectivity index (χ0v) is 16.0. The fourth-order valence-electron chi connectivity index (χ4n) is 3.36. The molecule has 0 spiro atoms. The molecule has 1 heterocycles. The molecular weight excluding hydrogens is 326 g/mol. The number of hydrogen-bond acceptors (Lipinski definition) is 3. The van der Waals surface area contributed by atoms with E-state index in [1.54, 1.807) is 4.90 Å². The molecule has 138 valence electrons. The standard InChI is InChI=1S/C22H27NO3/c1-21(2,3)26-20(24)23-19-13-9-8-12-18(19)14-22(23,4)16-25-15-17-10-6-5-7-11-17/h5-13H,14-16H2,1-4H3. The number of para-hydroxylation sites is 1. The highest BCUT2D eigenvalue weighted by atomic mass is 16.6. The predicted molar refractivity (Wildman–Crippen MR) is 103 cm³/mol. The molecule has 1 aliphatic heterocycles. The van der Waals surface area contributed by atoms with Gasteiger partial charge in [-0.15, -0.1) is 0 Å². The minimum atomic E-state index is -0.541. The predicted octanol–water partition coefficient (Wildman–Crippen LogP) is 4.96. The summed E-state index contributed by atoms with van der Waals surface area (Å²) in [5.74, 6) is 0. The number of rotatable bonds is 4. The van der Waals surface area contributed by atoms with Crippen LogP contribution in [0.25, 0.3) is 0 Å². The summed E-state index contributed by atoms with van der Waals surface area (Å²) in [7, 11) is 0. The summed E-state index contributed by atoms with van der Waals surface area (Å²) in [6.45, 7) is 8.68. The van der Waals surface area contributed by atoms with E-state index in [0.717, 1.165) is 23.2 Å². The van der Waals surface area contributed by atoms with Crippen LogP contribution in [0.3, 0.4) is 0 Å². The lowest BCUT2D eigenvalue weighted by atomic mass is 9.98. The minimum Gasteiger partial charge on any atom is -0.443 e. The summed E-state index contributed by atoms with van der Waals surface area (Å²) < 4.78 is 11.7. The van der Waals surface area contributed by atoms with Crippen molar-refractivity contribution in [3.8, 4) is 0 Å². The van der Waals surface area contributed by atoms with Crippen LogP contribution in [0.2, 0.25) is 0 Å². The topological polar surface area (TPSA) is 38.8 Å². The van der Waals surface area contributed by atoms with Crippen molar-refractivity contribution in [2.24, 2.45) is 0 Å². The molecule has 1 aliphatic rings. The van der Waals surface area contributed by atoms with Crippen molar-refractivity contribution in [2.75, 3.05) is 11.5 Å². The second-order valence-corrected chi connectivity index (χ2v) is 8.10. The van der Waals surface area contributed by atoms with Crippen LogP contribution in [0.4, 0.5) is 10.5 Å². The third-order valence-electron chi connectivity index (χ3n) is 4.44. The molecule has 0 aromatic heterocycles. The van der Waals surface area contributed by atoms with Crippen LogP contribution in [0.1, 0.15) is 38.8 Å². The summed E-state index contributed by atoms with van der Waals surface area (Å²) >= 11 is 0. The van der Waals surface area contributed by atoms with Crippen LogP contribution < -0.4 is 4.90 Å². The molecule has 4 nitrogen and oxygen atoms in total. The largest absolute Gasteiger partial charge is 0.443 e. The molecule has 1 unspecified atom stereocenters. The van der Waals surface area contributed by atoms with Crippen LogP contribution in [-0.2, 0) is 22.5 Å². The van der Waals surface area contributed by atoms with Gasteiger partial charge in [-0.3, -0.25) is 4.90 Å². The second kappa shape index (κ2) is 7.12. The van der Waals surface area contributed by atoms with Gasteiger partial charge in [-0.25, -0.2) is 4.79 Å². The molecule has 3 rings (SSSR count). The third-order valence-corrected chi connectivity index (χ3v) is 4.44. The van der Waals surface area contributed by atoms with Gasteiger partial charge in [0.15, 0.2) is 0 Å². The maximum atomic E-state index is 12.9. The summed E-state index contributed by atoms with van der Waals surface area (Å²) in [5.41, 5.74) is 2.16. The number of hydrogen-bond donors (Lipinski definition) is 0. The Hall–Kier alpha value is -2.33. The van der Waals surface area contributed by atoms with E-state index in [-0.39, 0.29) is 6.09 Å². The molecule has 4 heteroatoms. The van der Waals surface area contributed by atoms with Crippen molar-refractivity contribution < 1.29 is 14.3 Å². The van der Waals surface area contributed by atoms with Gasteiger partial charge in [0.25, 0.3) is 0 Å². The summed E-state index contributed by atoms with van der Waals surface area (Å²) in [5, 5.41) is 0. The lowest BCUT2D eigenvalue weighted by Gasteiger charge is -2.36. The van der Waals surface area contributed by atoms with Crippen LogP contribution in [0.15, 0.2) is 54.6 Å². The molecule has 1 amide bonds. The van der Waals surface area contributed by atoms with E-state index < -0.39 is 11.1 Å². The summed E-state index contributed by atoms with van der Waals surface area (Å²) in [6.07, 6.45) is 0.422. The van der Waals surface area contributed by atoms with E-state index in [0.29, 0.717) is 13.2 Å². The maximum Gasteiger partial charge on any atom is 0.415 e. The first-order valence-electron chi connectivity index (χ1n) is 9.01.